The van der Waals surface area contributed by atoms with Crippen molar-refractivity contribution in [1.82, 2.24) is 4.31 Å². The summed E-state index contributed by atoms with van der Waals surface area (Å²) in [5, 5.41) is 9.30. The van der Waals surface area contributed by atoms with Crippen molar-refractivity contribution >= 4 is 21.9 Å². The van der Waals surface area contributed by atoms with Gasteiger partial charge in [-0.15, -0.1) is 0 Å². The maximum Gasteiger partial charge on any atom is 0.324 e. The quantitative estimate of drug-likeness (QED) is 0.835. The van der Waals surface area contributed by atoms with Crippen molar-refractivity contribution in [3.63, 3.8) is 0 Å². The van der Waals surface area contributed by atoms with Crippen molar-refractivity contribution in [2.24, 2.45) is 5.73 Å². The lowest BCUT2D eigenvalue weighted by Crippen LogP contribution is -2.50. The van der Waals surface area contributed by atoms with Crippen molar-refractivity contribution in [3.8, 4) is 0 Å². The van der Waals surface area contributed by atoms with Gasteiger partial charge in [-0.25, -0.2) is 8.42 Å². The van der Waals surface area contributed by atoms with Crippen LogP contribution < -0.4 is 5.73 Å². The Kier molecular flexibility index (Phi) is 3.77. The molecule has 1 aliphatic rings. The predicted octanol–water partition coefficient (Wildman–Crippen LogP) is 0.413. The van der Waals surface area contributed by atoms with Gasteiger partial charge in [0.05, 0.1) is 4.90 Å². The lowest BCUT2D eigenvalue weighted by Gasteiger charge is -2.30. The molecule has 0 aliphatic carbocycles. The number of hydrogen-bond donors (Lipinski definition) is 2. The molecule has 114 valence electrons. The van der Waals surface area contributed by atoms with Crippen LogP contribution in [-0.4, -0.2) is 41.8 Å². The number of nitrogens with two attached hydrogens (primary N) is 1. The average Bonchev–Trinajstić information content (AvgIpc) is 2.83. The zero-order valence-electron chi connectivity index (χ0n) is 11.4. The molecule has 1 aromatic carbocycles. The van der Waals surface area contributed by atoms with Gasteiger partial charge in [-0.2, -0.15) is 4.31 Å². The van der Waals surface area contributed by atoms with Crippen LogP contribution >= 0.6 is 0 Å². The molecule has 1 amide bonds. The Morgan fingerprint density at radius 1 is 1.29 bits per heavy atom. The van der Waals surface area contributed by atoms with Gasteiger partial charge in [-0.1, -0.05) is 0 Å². The fourth-order valence-electron chi connectivity index (χ4n) is 2.46. The maximum atomic E-state index is 12.6. The second kappa shape index (κ2) is 5.12. The minimum absolute atomic E-state index is 0.0538. The minimum Gasteiger partial charge on any atom is -0.480 e. The zero-order chi connectivity index (χ0) is 15.8. The summed E-state index contributed by atoms with van der Waals surface area (Å²) in [6, 6.07) is 5.14. The topological polar surface area (TPSA) is 118 Å². The van der Waals surface area contributed by atoms with E-state index in [1.165, 1.54) is 31.2 Å². The molecule has 0 spiro atoms. The van der Waals surface area contributed by atoms with Crippen LogP contribution in [0.25, 0.3) is 0 Å². The molecule has 2 rings (SSSR count). The van der Waals surface area contributed by atoms with Gasteiger partial charge in [-0.3, -0.25) is 9.59 Å². The summed E-state index contributed by atoms with van der Waals surface area (Å²) in [6.45, 7) is 1.56. The summed E-state index contributed by atoms with van der Waals surface area (Å²) in [5.74, 6) is -1.83. The number of carboxylic acid groups (broad SMARTS) is 1. The van der Waals surface area contributed by atoms with Crippen LogP contribution in [-0.2, 0) is 14.8 Å². The molecule has 0 radical (unpaired) electrons. The molecule has 8 heteroatoms. The molecule has 1 fully saturated rings. The molecule has 1 aromatic rings. The van der Waals surface area contributed by atoms with Gasteiger partial charge in [0.25, 0.3) is 0 Å². The van der Waals surface area contributed by atoms with E-state index in [1.807, 2.05) is 0 Å². The van der Waals surface area contributed by atoms with Crippen LogP contribution in [0.4, 0.5) is 0 Å². The fraction of sp³-hybridized carbons (Fsp3) is 0.385. The minimum atomic E-state index is -3.93. The third-order valence-corrected chi connectivity index (χ3v) is 5.80. The van der Waals surface area contributed by atoms with E-state index in [0.717, 1.165) is 4.31 Å². The van der Waals surface area contributed by atoms with Gasteiger partial charge in [0.1, 0.15) is 5.54 Å². The monoisotopic (exact) mass is 312 g/mol. The molecule has 1 atom stereocenters. The third kappa shape index (κ3) is 2.52. The van der Waals surface area contributed by atoms with Gasteiger partial charge in [0.2, 0.25) is 15.9 Å². The second-order valence-corrected chi connectivity index (χ2v) is 7.01. The van der Waals surface area contributed by atoms with Gasteiger partial charge in [0.15, 0.2) is 0 Å². The number of primary amides is 1. The van der Waals surface area contributed by atoms with E-state index in [-0.39, 0.29) is 23.4 Å². The summed E-state index contributed by atoms with van der Waals surface area (Å²) >= 11 is 0. The molecule has 0 saturated carbocycles. The summed E-state index contributed by atoms with van der Waals surface area (Å²) in [4.78, 5) is 22.3. The Morgan fingerprint density at radius 3 is 2.33 bits per heavy atom. The van der Waals surface area contributed by atoms with Crippen molar-refractivity contribution in [3.05, 3.63) is 29.8 Å². The Hall–Kier alpha value is -1.93. The smallest absolute Gasteiger partial charge is 0.324 e. The fourth-order valence-corrected chi connectivity index (χ4v) is 4.26. The van der Waals surface area contributed by atoms with E-state index in [0.29, 0.717) is 6.42 Å². The molecule has 3 N–H and O–H groups in total. The highest BCUT2D eigenvalue weighted by atomic mass is 32.2. The highest BCUT2D eigenvalue weighted by Gasteiger charge is 2.49. The first-order valence-corrected chi connectivity index (χ1v) is 7.80. The zero-order valence-corrected chi connectivity index (χ0v) is 12.3. The van der Waals surface area contributed by atoms with Crippen LogP contribution in [0.3, 0.4) is 0 Å². The number of sulfonamides is 1. The Bertz CT molecular complexity index is 683. The summed E-state index contributed by atoms with van der Waals surface area (Å²) < 4.78 is 26.2. The number of carbonyl (C=O) groups is 2. The largest absolute Gasteiger partial charge is 0.480 e. The molecule has 7 nitrogen and oxygen atoms in total. The van der Waals surface area contributed by atoms with E-state index in [1.54, 1.807) is 0 Å². The van der Waals surface area contributed by atoms with Crippen LogP contribution in [0.2, 0.25) is 0 Å². The maximum absolute atomic E-state index is 12.6. The molecule has 0 bridgehead atoms. The number of nitrogens with zero attached hydrogens (tertiary/aromatic N) is 1. The summed E-state index contributed by atoms with van der Waals surface area (Å²) in [6.07, 6.45) is 0.752. The van der Waals surface area contributed by atoms with Crippen LogP contribution in [0.15, 0.2) is 29.2 Å². The first kappa shape index (κ1) is 15.5. The van der Waals surface area contributed by atoms with Crippen molar-refractivity contribution in [2.75, 3.05) is 6.54 Å². The van der Waals surface area contributed by atoms with Crippen molar-refractivity contribution in [1.29, 1.82) is 0 Å². The summed E-state index contributed by atoms with van der Waals surface area (Å²) in [7, 11) is -3.93. The van der Waals surface area contributed by atoms with Crippen molar-refractivity contribution in [2.45, 2.75) is 30.2 Å². The number of rotatable bonds is 4. The number of amides is 1. The average molecular weight is 312 g/mol. The third-order valence-electron chi connectivity index (χ3n) is 3.76. The number of carboxylic acids is 1. The van der Waals surface area contributed by atoms with E-state index in [4.69, 9.17) is 5.73 Å². The van der Waals surface area contributed by atoms with Crippen LogP contribution in [0.1, 0.15) is 30.1 Å². The molecule has 1 unspecified atom stereocenters. The van der Waals surface area contributed by atoms with E-state index in [2.05, 4.69) is 0 Å². The Morgan fingerprint density at radius 2 is 1.86 bits per heavy atom. The first-order valence-electron chi connectivity index (χ1n) is 6.36. The summed E-state index contributed by atoms with van der Waals surface area (Å²) in [5.41, 5.74) is 3.85. The number of aliphatic carboxylic acids is 1. The molecule has 1 aliphatic heterocycles. The van der Waals surface area contributed by atoms with Crippen LogP contribution in [0, 0.1) is 0 Å². The van der Waals surface area contributed by atoms with Gasteiger partial charge >= 0.3 is 5.97 Å². The van der Waals surface area contributed by atoms with E-state index >= 15 is 0 Å². The number of hydrogen-bond acceptors (Lipinski definition) is 4. The molecule has 1 heterocycles. The van der Waals surface area contributed by atoms with Crippen LogP contribution in [0.5, 0.6) is 0 Å². The normalized spacial score (nSPS) is 23.1. The lowest BCUT2D eigenvalue weighted by atomic mass is 10.0. The van der Waals surface area contributed by atoms with Gasteiger partial charge < -0.3 is 10.8 Å². The first-order chi connectivity index (χ1) is 9.69. The Labute approximate surface area is 122 Å². The van der Waals surface area contributed by atoms with Crippen molar-refractivity contribution < 1.29 is 23.1 Å². The molecule has 1 saturated heterocycles. The second-order valence-electron chi connectivity index (χ2n) is 5.15. The Balaban J connectivity index is 2.42. The number of benzene rings is 1. The van der Waals surface area contributed by atoms with E-state index in [9.17, 15) is 23.1 Å². The van der Waals surface area contributed by atoms with Gasteiger partial charge in [0, 0.05) is 12.1 Å². The molecule has 0 aromatic heterocycles. The predicted molar refractivity (Wildman–Crippen MR) is 74.1 cm³/mol. The SMILES string of the molecule is CC1(C(=O)O)CCCN1S(=O)(=O)c1ccc(C(N)=O)cc1. The molecular weight excluding hydrogens is 296 g/mol. The van der Waals surface area contributed by atoms with E-state index < -0.39 is 27.4 Å². The highest BCUT2D eigenvalue weighted by Crippen LogP contribution is 2.34. The lowest BCUT2D eigenvalue weighted by molar-refractivity contribution is -0.146. The molecular formula is C13H16N2O5S. The number of carbonyl (C=O) groups excluding carboxylic acids is 1. The molecule has 21 heavy (non-hydrogen) atoms. The standard InChI is InChI=1S/C13H16N2O5S/c1-13(12(17)18)7-2-8-15(13)21(19,20)10-5-3-9(4-6-10)11(14)16/h3-6H,2,7-8H2,1H3,(H2,14,16)(H,17,18). The highest BCUT2D eigenvalue weighted by molar-refractivity contribution is 7.89. The van der Waals surface area contributed by atoms with Gasteiger partial charge in [-0.05, 0) is 44.0 Å².